The summed E-state index contributed by atoms with van der Waals surface area (Å²) in [5.74, 6) is -1.03. The highest BCUT2D eigenvalue weighted by atomic mass is 32.2. The van der Waals surface area contributed by atoms with Crippen LogP contribution in [-0.2, 0) is 10.0 Å². The first-order valence-electron chi connectivity index (χ1n) is 10.8. The number of benzene rings is 3. The number of nitrogens with one attached hydrogen (secondary N) is 3. The van der Waals surface area contributed by atoms with Gasteiger partial charge in [-0.05, 0) is 68.4 Å². The number of nitrogens with zero attached hydrogens (tertiary/aromatic N) is 1. The number of anilines is 1. The van der Waals surface area contributed by atoms with Gasteiger partial charge in [-0.25, -0.2) is 8.42 Å². The standard InChI is InChI=1S/C26H24N4O4S/c1-18-17-24(19(2)30(18)22-11-7-4-8-12-22)26(32)28-27-25(31)20-13-15-23(16-14-20)35(33,34)29-21-9-5-3-6-10-21/h3-17,29H,1-2H3,(H,27,31)(H,28,32). The van der Waals surface area contributed by atoms with Gasteiger partial charge in [-0.15, -0.1) is 0 Å². The molecular formula is C26H24N4O4S. The molecule has 0 fully saturated rings. The molecule has 4 aromatic rings. The van der Waals surface area contributed by atoms with Crippen LogP contribution in [0.4, 0.5) is 5.69 Å². The molecule has 0 radical (unpaired) electrons. The van der Waals surface area contributed by atoms with Gasteiger partial charge in [0.15, 0.2) is 0 Å². The molecule has 2 amide bonds. The highest BCUT2D eigenvalue weighted by molar-refractivity contribution is 7.92. The zero-order valence-electron chi connectivity index (χ0n) is 19.1. The van der Waals surface area contributed by atoms with E-state index in [0.717, 1.165) is 17.1 Å². The number of aryl methyl sites for hydroxylation is 1. The third-order valence-corrected chi connectivity index (χ3v) is 6.83. The first-order valence-corrected chi connectivity index (χ1v) is 12.3. The van der Waals surface area contributed by atoms with Gasteiger partial charge in [-0.1, -0.05) is 36.4 Å². The lowest BCUT2D eigenvalue weighted by atomic mass is 10.2. The van der Waals surface area contributed by atoms with Crippen molar-refractivity contribution >= 4 is 27.5 Å². The predicted octanol–water partition coefficient (Wildman–Crippen LogP) is 3.97. The van der Waals surface area contributed by atoms with Crippen LogP contribution >= 0.6 is 0 Å². The second-order valence-electron chi connectivity index (χ2n) is 7.86. The van der Waals surface area contributed by atoms with Crippen molar-refractivity contribution in [3.63, 3.8) is 0 Å². The van der Waals surface area contributed by atoms with E-state index in [2.05, 4.69) is 15.6 Å². The smallest absolute Gasteiger partial charge is 0.271 e. The number of aromatic nitrogens is 1. The normalized spacial score (nSPS) is 11.0. The van der Waals surface area contributed by atoms with E-state index in [4.69, 9.17) is 0 Å². The summed E-state index contributed by atoms with van der Waals surface area (Å²) in [6.07, 6.45) is 0. The Morgan fingerprint density at radius 1 is 0.743 bits per heavy atom. The average molecular weight is 489 g/mol. The van der Waals surface area contributed by atoms with E-state index >= 15 is 0 Å². The lowest BCUT2D eigenvalue weighted by Crippen LogP contribution is -2.41. The Bertz CT molecular complexity index is 1460. The molecule has 0 aliphatic rings. The lowest BCUT2D eigenvalue weighted by Gasteiger charge is -2.11. The number of hydrogen-bond acceptors (Lipinski definition) is 4. The van der Waals surface area contributed by atoms with Gasteiger partial charge < -0.3 is 4.57 Å². The molecule has 0 saturated heterocycles. The Labute approximate surface area is 203 Å². The molecule has 0 aliphatic heterocycles. The van der Waals surface area contributed by atoms with Crippen LogP contribution in [0.25, 0.3) is 5.69 Å². The summed E-state index contributed by atoms with van der Waals surface area (Å²) in [5, 5.41) is 0. The van der Waals surface area contributed by atoms with E-state index in [1.165, 1.54) is 24.3 Å². The molecule has 0 saturated carbocycles. The summed E-state index contributed by atoms with van der Waals surface area (Å²) in [6, 6.07) is 25.3. The fourth-order valence-corrected chi connectivity index (χ4v) is 4.78. The van der Waals surface area contributed by atoms with Crippen LogP contribution in [0, 0.1) is 13.8 Å². The molecular weight excluding hydrogens is 464 g/mol. The second-order valence-corrected chi connectivity index (χ2v) is 9.54. The first-order chi connectivity index (χ1) is 16.8. The quantitative estimate of drug-likeness (QED) is 0.357. The Hall–Kier alpha value is -4.37. The lowest BCUT2D eigenvalue weighted by molar-refractivity contribution is 0.0846. The number of carbonyl (C=O) groups excluding carboxylic acids is 2. The highest BCUT2D eigenvalue weighted by Gasteiger charge is 2.18. The molecule has 1 heterocycles. The number of rotatable bonds is 6. The Morgan fingerprint density at radius 2 is 1.31 bits per heavy atom. The highest BCUT2D eigenvalue weighted by Crippen LogP contribution is 2.21. The number of sulfonamides is 1. The molecule has 0 bridgehead atoms. The molecule has 4 rings (SSSR count). The number of hydrogen-bond donors (Lipinski definition) is 3. The minimum atomic E-state index is -3.80. The number of carbonyl (C=O) groups is 2. The summed E-state index contributed by atoms with van der Waals surface area (Å²) in [4.78, 5) is 25.3. The summed E-state index contributed by atoms with van der Waals surface area (Å²) in [6.45, 7) is 3.73. The average Bonchev–Trinajstić information content (AvgIpc) is 3.17. The topological polar surface area (TPSA) is 109 Å². The van der Waals surface area contributed by atoms with Crippen LogP contribution < -0.4 is 15.6 Å². The zero-order valence-corrected chi connectivity index (χ0v) is 20.0. The number of amides is 2. The number of hydrazine groups is 1. The molecule has 3 aromatic carbocycles. The van der Waals surface area contributed by atoms with Crippen molar-refractivity contribution in [3.8, 4) is 5.69 Å². The monoisotopic (exact) mass is 488 g/mol. The Morgan fingerprint density at radius 3 is 1.94 bits per heavy atom. The minimum absolute atomic E-state index is 0.00953. The first kappa shape index (κ1) is 23.8. The van der Waals surface area contributed by atoms with Gasteiger partial charge in [0.25, 0.3) is 21.8 Å². The van der Waals surface area contributed by atoms with Crippen molar-refractivity contribution in [3.05, 3.63) is 114 Å². The molecule has 0 unspecified atom stereocenters. The molecule has 35 heavy (non-hydrogen) atoms. The zero-order chi connectivity index (χ0) is 25.0. The maximum absolute atomic E-state index is 12.7. The van der Waals surface area contributed by atoms with Crippen LogP contribution in [0.5, 0.6) is 0 Å². The number of para-hydroxylation sites is 2. The van der Waals surface area contributed by atoms with Gasteiger partial charge in [0.05, 0.1) is 10.5 Å². The van der Waals surface area contributed by atoms with Gasteiger partial charge in [-0.3, -0.25) is 25.2 Å². The SMILES string of the molecule is Cc1cc(C(=O)NNC(=O)c2ccc(S(=O)(=O)Nc3ccccc3)cc2)c(C)n1-c1ccccc1. The van der Waals surface area contributed by atoms with Gasteiger partial charge in [0.2, 0.25) is 0 Å². The van der Waals surface area contributed by atoms with Crippen molar-refractivity contribution in [2.45, 2.75) is 18.7 Å². The van der Waals surface area contributed by atoms with E-state index in [-0.39, 0.29) is 10.5 Å². The van der Waals surface area contributed by atoms with Crippen LogP contribution in [0.3, 0.4) is 0 Å². The van der Waals surface area contributed by atoms with Crippen molar-refractivity contribution in [1.29, 1.82) is 0 Å². The van der Waals surface area contributed by atoms with E-state index in [0.29, 0.717) is 11.3 Å². The molecule has 1 aromatic heterocycles. The van der Waals surface area contributed by atoms with Crippen LogP contribution in [0.15, 0.2) is 95.9 Å². The van der Waals surface area contributed by atoms with Gasteiger partial charge >= 0.3 is 0 Å². The summed E-state index contributed by atoms with van der Waals surface area (Å²) in [7, 11) is -3.80. The third-order valence-electron chi connectivity index (χ3n) is 5.43. The van der Waals surface area contributed by atoms with Crippen molar-refractivity contribution in [1.82, 2.24) is 15.4 Å². The van der Waals surface area contributed by atoms with Crippen molar-refractivity contribution in [2.24, 2.45) is 0 Å². The predicted molar refractivity (Wildman–Crippen MR) is 134 cm³/mol. The summed E-state index contributed by atoms with van der Waals surface area (Å²) < 4.78 is 29.5. The van der Waals surface area contributed by atoms with Gasteiger partial charge in [-0.2, -0.15) is 0 Å². The van der Waals surface area contributed by atoms with Crippen LogP contribution in [0.1, 0.15) is 32.1 Å². The minimum Gasteiger partial charge on any atom is -0.318 e. The molecule has 0 spiro atoms. The van der Waals surface area contributed by atoms with E-state index in [1.807, 2.05) is 48.7 Å². The molecule has 178 valence electrons. The molecule has 9 heteroatoms. The molecule has 0 aliphatic carbocycles. The molecule has 8 nitrogen and oxygen atoms in total. The van der Waals surface area contributed by atoms with E-state index < -0.39 is 21.8 Å². The van der Waals surface area contributed by atoms with Crippen LogP contribution in [0.2, 0.25) is 0 Å². The maximum atomic E-state index is 12.7. The largest absolute Gasteiger partial charge is 0.318 e. The second kappa shape index (κ2) is 9.86. The van der Waals surface area contributed by atoms with E-state index in [1.54, 1.807) is 36.4 Å². The third kappa shape index (κ3) is 5.25. The summed E-state index contributed by atoms with van der Waals surface area (Å²) in [5.41, 5.74) is 8.41. The fraction of sp³-hybridized carbons (Fsp3) is 0.0769. The molecule has 0 atom stereocenters. The Kier molecular flexibility index (Phi) is 6.70. The van der Waals surface area contributed by atoms with Crippen molar-refractivity contribution in [2.75, 3.05) is 4.72 Å². The van der Waals surface area contributed by atoms with Gasteiger partial charge in [0.1, 0.15) is 0 Å². The maximum Gasteiger partial charge on any atom is 0.271 e. The Balaban J connectivity index is 1.41. The van der Waals surface area contributed by atoms with Crippen LogP contribution in [-0.4, -0.2) is 24.8 Å². The molecule has 3 N–H and O–H groups in total. The van der Waals surface area contributed by atoms with E-state index in [9.17, 15) is 18.0 Å². The van der Waals surface area contributed by atoms with Crippen molar-refractivity contribution < 1.29 is 18.0 Å². The summed E-state index contributed by atoms with van der Waals surface area (Å²) >= 11 is 0. The van der Waals surface area contributed by atoms with Gasteiger partial charge in [0, 0.05) is 28.3 Å². The fourth-order valence-electron chi connectivity index (χ4n) is 3.73.